The van der Waals surface area contributed by atoms with Crippen LogP contribution in [0.15, 0.2) is 48.7 Å². The van der Waals surface area contributed by atoms with Gasteiger partial charge >= 0.3 is 0 Å². The second kappa shape index (κ2) is 14.2. The Bertz CT molecular complexity index is 2370. The number of nitrogens with zero attached hydrogens (tertiary/aromatic N) is 8. The van der Waals surface area contributed by atoms with Crippen molar-refractivity contribution in [2.24, 2.45) is 5.92 Å². The number of halogens is 3. The van der Waals surface area contributed by atoms with Gasteiger partial charge in [0.1, 0.15) is 11.6 Å². The lowest BCUT2D eigenvalue weighted by molar-refractivity contribution is -0.136. The SMILES string of the molecule is CC1Cc2c(cnn2[C@H]2CN3c4cc(-c5cccc(F)c5O)nnc4NC[C@@]3(C(F)F)C2)CN1CC1CCN(c2ccc3c(c2)C(=O)N([C@H]2CCC(=O)NC2=O)C3)CC1. The largest absolute Gasteiger partial charge is 0.504 e. The lowest BCUT2D eigenvalue weighted by atomic mass is 9.92. The van der Waals surface area contributed by atoms with Gasteiger partial charge in [-0.3, -0.25) is 29.3 Å². The Morgan fingerprint density at radius 2 is 1.83 bits per heavy atom. The molecule has 6 aliphatic heterocycles. The van der Waals surface area contributed by atoms with Gasteiger partial charge in [0.2, 0.25) is 11.8 Å². The van der Waals surface area contributed by atoms with Gasteiger partial charge in [-0.15, -0.1) is 10.2 Å². The lowest BCUT2D eigenvalue weighted by Crippen LogP contribution is -2.57. The third-order valence-electron chi connectivity index (χ3n) is 13.6. The number of carbonyl (C=O) groups excluding carboxylic acids is 3. The fraction of sp³-hybridized carbons (Fsp3) is 0.476. The number of hydrogen-bond acceptors (Lipinski definition) is 11. The molecule has 59 heavy (non-hydrogen) atoms. The highest BCUT2D eigenvalue weighted by Gasteiger charge is 2.56. The van der Waals surface area contributed by atoms with Gasteiger partial charge in [-0.2, -0.15) is 5.10 Å². The number of nitrogens with one attached hydrogen (secondary N) is 2. The zero-order valence-corrected chi connectivity index (χ0v) is 32.6. The zero-order valence-electron chi connectivity index (χ0n) is 32.6. The monoisotopic (exact) mass is 810 g/mol. The van der Waals surface area contributed by atoms with Crippen LogP contribution in [0.5, 0.6) is 5.75 Å². The van der Waals surface area contributed by atoms with Crippen LogP contribution in [0.25, 0.3) is 11.3 Å². The van der Waals surface area contributed by atoms with Crippen molar-refractivity contribution in [2.75, 3.05) is 47.8 Å². The Labute approximate surface area is 338 Å². The molecular formula is C42H45F3N10O4. The summed E-state index contributed by atoms with van der Waals surface area (Å²) in [6, 6.07) is 11.0. The molecule has 8 heterocycles. The summed E-state index contributed by atoms with van der Waals surface area (Å²) in [5.74, 6) is -1.41. The van der Waals surface area contributed by atoms with E-state index in [4.69, 9.17) is 5.10 Å². The van der Waals surface area contributed by atoms with Crippen LogP contribution in [-0.2, 0) is 29.1 Å². The van der Waals surface area contributed by atoms with Crippen molar-refractivity contribution in [1.29, 1.82) is 0 Å². The van der Waals surface area contributed by atoms with Gasteiger partial charge in [-0.1, -0.05) is 12.1 Å². The van der Waals surface area contributed by atoms with Crippen molar-refractivity contribution >= 4 is 34.9 Å². The van der Waals surface area contributed by atoms with E-state index < -0.39 is 35.5 Å². The average Bonchev–Trinajstić information content (AvgIpc) is 3.93. The Morgan fingerprint density at radius 3 is 2.63 bits per heavy atom. The van der Waals surface area contributed by atoms with E-state index in [0.29, 0.717) is 36.0 Å². The summed E-state index contributed by atoms with van der Waals surface area (Å²) in [6.07, 6.45) is 2.68. The minimum atomic E-state index is -2.68. The molecule has 14 nitrogen and oxygen atoms in total. The molecule has 4 aromatic rings. The standard InChI is InChI=1S/C42H45F3N10O4/c1-23-13-34-26(17-47-55(34)28-16-42(41(44)45)22-46-38-35(54(42)21-28)15-32(49-50-38)29-3-2-4-31(43)37(29)57)19-52(23)18-24-9-11-51(12-10-24)27-6-5-25-20-53(40(59)30(25)14-27)33-7-8-36(56)48-39(33)58/h2-6,14-15,17,23-24,28,33,41,57H,7-13,16,18-22H2,1H3,(H,46,50)(H,48,56,58)/t23?,28-,33+,42-/m1/s1. The third-order valence-corrected chi connectivity index (χ3v) is 13.6. The summed E-state index contributed by atoms with van der Waals surface area (Å²) in [5, 5.41) is 29.1. The van der Waals surface area contributed by atoms with Crippen molar-refractivity contribution in [1.82, 2.24) is 35.1 Å². The van der Waals surface area contributed by atoms with E-state index in [2.05, 4.69) is 43.6 Å². The maximum Gasteiger partial charge on any atom is 0.263 e. The van der Waals surface area contributed by atoms with Crippen LogP contribution in [-0.4, -0.2) is 109 Å². The maximum absolute atomic E-state index is 15.2. The molecule has 2 aromatic heterocycles. The van der Waals surface area contributed by atoms with E-state index in [1.165, 1.54) is 12.1 Å². The summed E-state index contributed by atoms with van der Waals surface area (Å²) >= 11 is 0. The molecule has 308 valence electrons. The molecular weight excluding hydrogens is 766 g/mol. The topological polar surface area (TPSA) is 152 Å². The van der Waals surface area contributed by atoms with Crippen molar-refractivity contribution in [3.8, 4) is 17.0 Å². The quantitative estimate of drug-likeness (QED) is 0.227. The number of aromatic nitrogens is 4. The highest BCUT2D eigenvalue weighted by Crippen LogP contribution is 2.49. The van der Waals surface area contributed by atoms with E-state index in [9.17, 15) is 23.9 Å². The van der Waals surface area contributed by atoms with Gasteiger partial charge in [-0.05, 0) is 68.0 Å². The van der Waals surface area contributed by atoms with E-state index in [1.54, 1.807) is 15.9 Å². The van der Waals surface area contributed by atoms with Gasteiger partial charge in [0.25, 0.3) is 12.3 Å². The number of hydrogen-bond donors (Lipinski definition) is 3. The zero-order chi connectivity index (χ0) is 40.7. The highest BCUT2D eigenvalue weighted by atomic mass is 19.3. The van der Waals surface area contributed by atoms with Crippen LogP contribution in [0, 0.1) is 11.7 Å². The first-order valence-electron chi connectivity index (χ1n) is 20.4. The van der Waals surface area contributed by atoms with E-state index in [1.807, 2.05) is 23.0 Å². The predicted molar refractivity (Wildman–Crippen MR) is 211 cm³/mol. The molecule has 2 aromatic carbocycles. The molecule has 3 amide bonds. The summed E-state index contributed by atoms with van der Waals surface area (Å²) in [6.45, 7) is 6.22. The molecule has 0 radical (unpaired) electrons. The number of alkyl halides is 2. The molecule has 3 N–H and O–H groups in total. The Balaban J connectivity index is 0.795. The number of piperidine rings is 2. The lowest BCUT2D eigenvalue weighted by Gasteiger charge is -2.43. The van der Waals surface area contributed by atoms with Crippen LogP contribution < -0.4 is 20.4 Å². The molecule has 10 rings (SSSR count). The summed E-state index contributed by atoms with van der Waals surface area (Å²) in [5.41, 5.74) is 3.93. The van der Waals surface area contributed by atoms with E-state index in [0.717, 1.165) is 74.0 Å². The van der Waals surface area contributed by atoms with E-state index in [-0.39, 0.29) is 61.1 Å². The van der Waals surface area contributed by atoms with Crippen LogP contribution in [0.2, 0.25) is 0 Å². The van der Waals surface area contributed by atoms with Gasteiger partial charge in [0.05, 0.1) is 23.6 Å². The highest BCUT2D eigenvalue weighted by molar-refractivity contribution is 6.05. The number of carbonyl (C=O) groups is 3. The van der Waals surface area contributed by atoms with E-state index >= 15 is 8.78 Å². The number of aromatic hydroxyl groups is 1. The molecule has 0 bridgehead atoms. The molecule has 1 unspecified atom stereocenters. The molecule has 3 fully saturated rings. The molecule has 17 heteroatoms. The summed E-state index contributed by atoms with van der Waals surface area (Å²) < 4.78 is 46.6. The number of rotatable bonds is 7. The van der Waals surface area contributed by atoms with Crippen molar-refractivity contribution < 1.29 is 32.7 Å². The number of phenols is 1. The minimum Gasteiger partial charge on any atom is -0.504 e. The molecule has 4 atom stereocenters. The van der Waals surface area contributed by atoms with Crippen molar-refractivity contribution in [3.05, 3.63) is 76.9 Å². The van der Waals surface area contributed by atoms with Crippen molar-refractivity contribution in [3.63, 3.8) is 0 Å². The Morgan fingerprint density at radius 1 is 1.00 bits per heavy atom. The number of benzene rings is 2. The van der Waals surface area contributed by atoms with Gasteiger partial charge in [-0.25, -0.2) is 13.2 Å². The van der Waals surface area contributed by atoms with Crippen molar-refractivity contribution in [2.45, 2.75) is 88.6 Å². The normalized spacial score (nSPS) is 25.8. The van der Waals surface area contributed by atoms with Crippen LogP contribution in [0.1, 0.15) is 72.2 Å². The number of fused-ring (bicyclic) bond motifs is 5. The molecule has 0 aliphatic carbocycles. The molecule has 6 aliphatic rings. The van der Waals surface area contributed by atoms with Gasteiger partial charge in [0.15, 0.2) is 17.4 Å². The van der Waals surface area contributed by atoms with Gasteiger partial charge in [0, 0.05) is 99.2 Å². The first-order chi connectivity index (χ1) is 28.5. The summed E-state index contributed by atoms with van der Waals surface area (Å²) in [4.78, 5) is 45.7. The second-order valence-electron chi connectivity index (χ2n) is 17.0. The average molecular weight is 811 g/mol. The predicted octanol–water partition coefficient (Wildman–Crippen LogP) is 4.49. The third kappa shape index (κ3) is 6.26. The number of anilines is 3. The van der Waals surface area contributed by atoms with Crippen LogP contribution >= 0.6 is 0 Å². The number of phenolic OH excluding ortho intramolecular Hbond substituents is 1. The van der Waals surface area contributed by atoms with Crippen LogP contribution in [0.4, 0.5) is 30.4 Å². The fourth-order valence-corrected chi connectivity index (χ4v) is 10.3. The summed E-state index contributed by atoms with van der Waals surface area (Å²) in [7, 11) is 0. The molecule has 3 saturated heterocycles. The Hall–Kier alpha value is -5.71. The second-order valence-corrected chi connectivity index (χ2v) is 17.0. The van der Waals surface area contributed by atoms with Gasteiger partial charge < -0.3 is 25.1 Å². The fourth-order valence-electron chi connectivity index (χ4n) is 10.3. The number of amides is 3. The smallest absolute Gasteiger partial charge is 0.263 e. The minimum absolute atomic E-state index is 0.0202. The molecule has 0 spiro atoms. The first-order valence-corrected chi connectivity index (χ1v) is 20.4. The number of imide groups is 1. The Kier molecular flexibility index (Phi) is 9.06. The number of para-hydroxylation sites is 1. The molecule has 0 saturated carbocycles. The maximum atomic E-state index is 15.2. The van der Waals surface area contributed by atoms with Crippen LogP contribution in [0.3, 0.4) is 0 Å². The first kappa shape index (κ1) is 37.6.